The van der Waals surface area contributed by atoms with Crippen molar-refractivity contribution in [3.63, 3.8) is 0 Å². The van der Waals surface area contributed by atoms with E-state index in [9.17, 15) is 14.0 Å². The van der Waals surface area contributed by atoms with Crippen LogP contribution in [0.5, 0.6) is 0 Å². The van der Waals surface area contributed by atoms with Crippen LogP contribution < -0.4 is 10.2 Å². The molecule has 1 aromatic rings. The van der Waals surface area contributed by atoms with Gasteiger partial charge in [0.15, 0.2) is 0 Å². The highest BCUT2D eigenvalue weighted by Gasteiger charge is 2.20. The van der Waals surface area contributed by atoms with Gasteiger partial charge >= 0.3 is 0 Å². The molecule has 0 aliphatic rings. The van der Waals surface area contributed by atoms with Gasteiger partial charge in [-0.1, -0.05) is 13.0 Å². The Morgan fingerprint density at radius 3 is 2.70 bits per heavy atom. The fourth-order valence-electron chi connectivity index (χ4n) is 1.63. The molecule has 110 valence electrons. The van der Waals surface area contributed by atoms with Crippen molar-refractivity contribution in [2.45, 2.75) is 18.6 Å². The topological polar surface area (TPSA) is 49.4 Å². The number of halogens is 1. The minimum atomic E-state index is -0.435. The van der Waals surface area contributed by atoms with Gasteiger partial charge in [0.1, 0.15) is 12.4 Å². The third kappa shape index (κ3) is 4.85. The van der Waals surface area contributed by atoms with E-state index in [1.54, 1.807) is 17.8 Å². The zero-order valence-electron chi connectivity index (χ0n) is 11.9. The largest absolute Gasteiger partial charge is 0.358 e. The number of carbonyl (C=O) groups excluding carboxylic acids is 2. The highest BCUT2D eigenvalue weighted by Crippen LogP contribution is 2.19. The summed E-state index contributed by atoms with van der Waals surface area (Å²) in [5, 5.41) is 2.61. The van der Waals surface area contributed by atoms with E-state index in [2.05, 4.69) is 5.32 Å². The number of hydrogen-bond donors (Lipinski definition) is 1. The van der Waals surface area contributed by atoms with Crippen molar-refractivity contribution < 1.29 is 14.0 Å². The summed E-state index contributed by atoms with van der Waals surface area (Å²) in [4.78, 5) is 25.1. The smallest absolute Gasteiger partial charge is 0.239 e. The van der Waals surface area contributed by atoms with Crippen molar-refractivity contribution in [1.29, 1.82) is 0 Å². The predicted octanol–water partition coefficient (Wildman–Crippen LogP) is 2.05. The van der Waals surface area contributed by atoms with Crippen molar-refractivity contribution in [2.75, 3.05) is 24.7 Å². The molecule has 0 unspecified atom stereocenters. The standard InChI is InChI=1S/C14H19FN2O2S/c1-10(20-3)7-14(19)17(9-13(18)16-2)12-6-4-5-11(15)8-12/h4-6,8,10H,7,9H2,1-3H3,(H,16,18)/t10-/m0/s1. The number of carbonyl (C=O) groups is 2. The summed E-state index contributed by atoms with van der Waals surface area (Å²) in [6, 6.07) is 5.70. The second-order valence-electron chi connectivity index (χ2n) is 4.38. The van der Waals surface area contributed by atoms with E-state index in [4.69, 9.17) is 0 Å². The zero-order valence-corrected chi connectivity index (χ0v) is 12.7. The maximum Gasteiger partial charge on any atom is 0.239 e. The highest BCUT2D eigenvalue weighted by molar-refractivity contribution is 7.99. The van der Waals surface area contributed by atoms with E-state index in [-0.39, 0.29) is 23.6 Å². The molecule has 0 aliphatic heterocycles. The number of hydrogen-bond acceptors (Lipinski definition) is 3. The van der Waals surface area contributed by atoms with Gasteiger partial charge < -0.3 is 10.2 Å². The molecule has 0 aliphatic carbocycles. The third-order valence-electron chi connectivity index (χ3n) is 2.87. The van der Waals surface area contributed by atoms with Gasteiger partial charge in [0.2, 0.25) is 11.8 Å². The quantitative estimate of drug-likeness (QED) is 0.874. The van der Waals surface area contributed by atoms with Crippen LogP contribution in [0.15, 0.2) is 24.3 Å². The molecule has 0 fully saturated rings. The molecule has 0 spiro atoms. The molecule has 0 aromatic heterocycles. The first-order valence-electron chi connectivity index (χ1n) is 6.27. The maximum atomic E-state index is 13.3. The van der Waals surface area contributed by atoms with E-state index in [1.165, 1.54) is 30.1 Å². The number of nitrogens with zero attached hydrogens (tertiary/aromatic N) is 1. The summed E-state index contributed by atoms with van der Waals surface area (Å²) >= 11 is 1.57. The molecular formula is C14H19FN2O2S. The van der Waals surface area contributed by atoms with Crippen LogP contribution in [0.4, 0.5) is 10.1 Å². The van der Waals surface area contributed by atoms with Crippen LogP contribution in [-0.4, -0.2) is 36.9 Å². The molecule has 20 heavy (non-hydrogen) atoms. The van der Waals surface area contributed by atoms with Gasteiger partial charge in [-0.3, -0.25) is 9.59 Å². The SMILES string of the molecule is CNC(=O)CN(C(=O)C[C@H](C)SC)c1cccc(F)c1. The normalized spacial score (nSPS) is 11.8. The highest BCUT2D eigenvalue weighted by atomic mass is 32.2. The van der Waals surface area contributed by atoms with Crippen LogP contribution in [-0.2, 0) is 9.59 Å². The van der Waals surface area contributed by atoms with Gasteiger partial charge in [0.25, 0.3) is 0 Å². The summed E-state index contributed by atoms with van der Waals surface area (Å²) < 4.78 is 13.3. The molecule has 0 radical (unpaired) electrons. The summed E-state index contributed by atoms with van der Waals surface area (Å²) in [6.45, 7) is 1.83. The first-order chi connectivity index (χ1) is 9.47. The van der Waals surface area contributed by atoms with Gasteiger partial charge in [-0.2, -0.15) is 11.8 Å². The van der Waals surface area contributed by atoms with Crippen LogP contribution in [0.3, 0.4) is 0 Å². The van der Waals surface area contributed by atoms with Crippen molar-refractivity contribution in [1.82, 2.24) is 5.32 Å². The molecule has 0 bridgehead atoms. The fraction of sp³-hybridized carbons (Fsp3) is 0.429. The Hall–Kier alpha value is -1.56. The van der Waals surface area contributed by atoms with Crippen LogP contribution in [0, 0.1) is 5.82 Å². The third-order valence-corrected chi connectivity index (χ3v) is 3.84. The van der Waals surface area contributed by atoms with Crippen molar-refractivity contribution in [2.24, 2.45) is 0 Å². The number of likely N-dealkylation sites (N-methyl/N-ethyl adjacent to an activating group) is 1. The van der Waals surface area contributed by atoms with E-state index >= 15 is 0 Å². The van der Waals surface area contributed by atoms with Gasteiger partial charge in [-0.15, -0.1) is 0 Å². The van der Waals surface area contributed by atoms with Gasteiger partial charge in [-0.05, 0) is 24.5 Å². The van der Waals surface area contributed by atoms with Crippen LogP contribution in [0.25, 0.3) is 0 Å². The molecule has 0 saturated heterocycles. The Bertz CT molecular complexity index is 482. The number of amides is 2. The predicted molar refractivity (Wildman–Crippen MR) is 80.4 cm³/mol. The van der Waals surface area contributed by atoms with Crippen LogP contribution >= 0.6 is 11.8 Å². The molecule has 4 nitrogen and oxygen atoms in total. The molecule has 6 heteroatoms. The van der Waals surface area contributed by atoms with Crippen molar-refractivity contribution in [3.05, 3.63) is 30.1 Å². The van der Waals surface area contributed by atoms with E-state index < -0.39 is 5.82 Å². The monoisotopic (exact) mass is 298 g/mol. The fourth-order valence-corrected chi connectivity index (χ4v) is 1.94. The maximum absolute atomic E-state index is 13.3. The average molecular weight is 298 g/mol. The number of anilines is 1. The first kappa shape index (κ1) is 16.5. The number of benzene rings is 1. The second-order valence-corrected chi connectivity index (χ2v) is 5.66. The molecule has 1 N–H and O–H groups in total. The molecule has 1 rings (SSSR count). The summed E-state index contributed by atoms with van der Waals surface area (Å²) in [5.41, 5.74) is 0.395. The zero-order chi connectivity index (χ0) is 15.1. The summed E-state index contributed by atoms with van der Waals surface area (Å²) in [5.74, 6) is -0.921. The summed E-state index contributed by atoms with van der Waals surface area (Å²) in [7, 11) is 1.50. The lowest BCUT2D eigenvalue weighted by Crippen LogP contribution is -2.40. The molecule has 1 aromatic carbocycles. The number of rotatable bonds is 6. The Labute approximate surface area is 122 Å². The molecule has 1 atom stereocenters. The molecular weight excluding hydrogens is 279 g/mol. The Balaban J connectivity index is 2.95. The molecule has 0 heterocycles. The van der Waals surface area contributed by atoms with Gasteiger partial charge in [0.05, 0.1) is 0 Å². The van der Waals surface area contributed by atoms with Crippen LogP contribution in [0.1, 0.15) is 13.3 Å². The Morgan fingerprint density at radius 1 is 1.45 bits per heavy atom. The number of nitrogens with one attached hydrogen (secondary N) is 1. The van der Waals surface area contributed by atoms with E-state index in [0.29, 0.717) is 12.1 Å². The lowest BCUT2D eigenvalue weighted by Gasteiger charge is -2.23. The lowest BCUT2D eigenvalue weighted by molar-refractivity contribution is -0.123. The van der Waals surface area contributed by atoms with Crippen molar-refractivity contribution >= 4 is 29.3 Å². The van der Waals surface area contributed by atoms with Crippen molar-refractivity contribution in [3.8, 4) is 0 Å². The van der Waals surface area contributed by atoms with Crippen LogP contribution in [0.2, 0.25) is 0 Å². The molecule has 2 amide bonds. The van der Waals surface area contributed by atoms with Gasteiger partial charge in [0, 0.05) is 24.4 Å². The number of thioether (sulfide) groups is 1. The Kier molecular flexibility index (Phi) is 6.51. The Morgan fingerprint density at radius 2 is 2.15 bits per heavy atom. The van der Waals surface area contributed by atoms with E-state index in [0.717, 1.165) is 0 Å². The molecule has 0 saturated carbocycles. The first-order valence-corrected chi connectivity index (χ1v) is 7.56. The minimum absolute atomic E-state index is 0.111. The lowest BCUT2D eigenvalue weighted by atomic mass is 10.2. The second kappa shape index (κ2) is 7.89. The average Bonchev–Trinajstić information content (AvgIpc) is 2.43. The van der Waals surface area contributed by atoms with E-state index in [1.807, 2.05) is 13.2 Å². The minimum Gasteiger partial charge on any atom is -0.358 e. The summed E-state index contributed by atoms with van der Waals surface area (Å²) in [6.07, 6.45) is 2.22. The van der Waals surface area contributed by atoms with Gasteiger partial charge in [-0.25, -0.2) is 4.39 Å².